The molecule has 0 radical (unpaired) electrons. The third-order valence-electron chi connectivity index (χ3n) is 3.26. The predicted octanol–water partition coefficient (Wildman–Crippen LogP) is 4.73. The van der Waals surface area contributed by atoms with Crippen molar-refractivity contribution in [1.82, 2.24) is 9.55 Å². The fraction of sp³-hybridized carbons (Fsp3) is 0.353. The second kappa shape index (κ2) is 6.37. The molecule has 19 heavy (non-hydrogen) atoms. The van der Waals surface area contributed by atoms with Crippen molar-refractivity contribution < 1.29 is 0 Å². The molecule has 0 saturated carbocycles. The van der Waals surface area contributed by atoms with Gasteiger partial charge in [-0.3, -0.25) is 0 Å². The molecule has 0 aliphatic carbocycles. The molecule has 1 heterocycles. The Morgan fingerprint density at radius 1 is 1.16 bits per heavy atom. The van der Waals surface area contributed by atoms with E-state index in [1.165, 1.54) is 16.7 Å². The molecule has 2 rings (SSSR count). The van der Waals surface area contributed by atoms with Gasteiger partial charge in [0.15, 0.2) is 0 Å². The number of nitrogens with zero attached hydrogens (tertiary/aromatic N) is 2. The summed E-state index contributed by atoms with van der Waals surface area (Å²) < 4.78 is 2.19. The Morgan fingerprint density at radius 3 is 2.74 bits per heavy atom. The average molecular weight is 254 g/mol. The monoisotopic (exact) mass is 254 g/mol. The van der Waals surface area contributed by atoms with E-state index in [0.29, 0.717) is 0 Å². The van der Waals surface area contributed by atoms with Crippen LogP contribution in [-0.4, -0.2) is 9.55 Å². The van der Waals surface area contributed by atoms with E-state index in [4.69, 9.17) is 0 Å². The molecule has 0 fully saturated rings. The molecule has 100 valence electrons. The van der Waals surface area contributed by atoms with Gasteiger partial charge in [-0.05, 0) is 45.7 Å². The van der Waals surface area contributed by atoms with E-state index >= 15 is 0 Å². The maximum absolute atomic E-state index is 4.41. The highest BCUT2D eigenvalue weighted by molar-refractivity contribution is 5.74. The molecule has 0 unspecified atom stereocenters. The van der Waals surface area contributed by atoms with Crippen molar-refractivity contribution in [2.75, 3.05) is 0 Å². The van der Waals surface area contributed by atoms with Crippen LogP contribution in [-0.2, 0) is 6.54 Å². The highest BCUT2D eigenvalue weighted by atomic mass is 15.0. The molecule has 1 aromatic carbocycles. The molecule has 0 aliphatic heterocycles. The number of hydrogen-bond donors (Lipinski definition) is 0. The van der Waals surface area contributed by atoms with Crippen molar-refractivity contribution >= 4 is 11.0 Å². The van der Waals surface area contributed by atoms with Crippen LogP contribution >= 0.6 is 0 Å². The molecule has 0 bridgehead atoms. The van der Waals surface area contributed by atoms with Gasteiger partial charge in [0, 0.05) is 6.54 Å². The summed E-state index contributed by atoms with van der Waals surface area (Å²) >= 11 is 0. The molecule has 2 nitrogen and oxygen atoms in total. The number of hydrogen-bond acceptors (Lipinski definition) is 1. The van der Waals surface area contributed by atoms with Gasteiger partial charge in [0.05, 0.1) is 17.4 Å². The smallest absolute Gasteiger partial charge is 0.0961 e. The van der Waals surface area contributed by atoms with Crippen LogP contribution < -0.4 is 0 Å². The van der Waals surface area contributed by atoms with Crippen LogP contribution in [0.5, 0.6) is 0 Å². The van der Waals surface area contributed by atoms with Crippen LogP contribution in [0.3, 0.4) is 0 Å². The molecule has 0 N–H and O–H groups in total. The van der Waals surface area contributed by atoms with E-state index in [9.17, 15) is 0 Å². The Balaban J connectivity index is 1.99. The Bertz CT molecular complexity index is 599. The Morgan fingerprint density at radius 2 is 1.95 bits per heavy atom. The minimum atomic E-state index is 0.904. The van der Waals surface area contributed by atoms with Gasteiger partial charge in [-0.2, -0.15) is 0 Å². The number of para-hydroxylation sites is 2. The highest BCUT2D eigenvalue weighted by Crippen LogP contribution is 2.13. The van der Waals surface area contributed by atoms with Gasteiger partial charge < -0.3 is 4.57 Å². The first-order valence-corrected chi connectivity index (χ1v) is 6.85. The summed E-state index contributed by atoms with van der Waals surface area (Å²) in [6.45, 7) is 7.41. The van der Waals surface area contributed by atoms with E-state index in [0.717, 1.165) is 24.9 Å². The Kier molecular flexibility index (Phi) is 4.56. The zero-order valence-corrected chi connectivity index (χ0v) is 12.1. The standard InChI is InChI=1S/C17H22N2/c1-14(2)7-6-8-15(3)11-12-19-13-18-16-9-4-5-10-17(16)19/h4-5,7,9-11,13H,6,8,12H2,1-3H3/b15-11-. The van der Waals surface area contributed by atoms with Crippen LogP contribution in [0.25, 0.3) is 11.0 Å². The molecule has 2 aromatic rings. The molecular weight excluding hydrogens is 232 g/mol. The Hall–Kier alpha value is -1.83. The van der Waals surface area contributed by atoms with Crippen molar-refractivity contribution in [2.45, 2.75) is 40.2 Å². The summed E-state index contributed by atoms with van der Waals surface area (Å²) in [6, 6.07) is 8.26. The van der Waals surface area contributed by atoms with Crippen LogP contribution in [0.4, 0.5) is 0 Å². The third-order valence-corrected chi connectivity index (χ3v) is 3.26. The number of imidazole rings is 1. The first kappa shape index (κ1) is 13.6. The minimum Gasteiger partial charge on any atom is -0.327 e. The fourth-order valence-corrected chi connectivity index (χ4v) is 2.10. The van der Waals surface area contributed by atoms with Gasteiger partial charge in [0.1, 0.15) is 0 Å². The SMILES string of the molecule is CC(C)=CCC/C(C)=C\Cn1cnc2ccccc21. The lowest BCUT2D eigenvalue weighted by Gasteiger charge is -2.02. The minimum absolute atomic E-state index is 0.904. The largest absolute Gasteiger partial charge is 0.327 e. The number of fused-ring (bicyclic) bond motifs is 1. The average Bonchev–Trinajstić information content (AvgIpc) is 2.79. The van der Waals surface area contributed by atoms with Gasteiger partial charge in [-0.25, -0.2) is 4.98 Å². The number of benzene rings is 1. The topological polar surface area (TPSA) is 17.8 Å². The van der Waals surface area contributed by atoms with Crippen molar-refractivity contribution in [3.63, 3.8) is 0 Å². The molecule has 0 spiro atoms. The summed E-state index contributed by atoms with van der Waals surface area (Å²) in [4.78, 5) is 4.41. The van der Waals surface area contributed by atoms with Gasteiger partial charge in [-0.15, -0.1) is 0 Å². The van der Waals surface area contributed by atoms with Gasteiger partial charge >= 0.3 is 0 Å². The summed E-state index contributed by atoms with van der Waals surface area (Å²) in [5.41, 5.74) is 5.11. The number of aromatic nitrogens is 2. The first-order chi connectivity index (χ1) is 9.16. The van der Waals surface area contributed by atoms with Crippen LogP contribution in [0, 0.1) is 0 Å². The molecule has 0 amide bonds. The van der Waals surface area contributed by atoms with E-state index in [2.05, 4.69) is 60.7 Å². The molecule has 2 heteroatoms. The lowest BCUT2D eigenvalue weighted by Crippen LogP contribution is -1.93. The number of allylic oxidation sites excluding steroid dienone is 4. The third kappa shape index (κ3) is 3.82. The summed E-state index contributed by atoms with van der Waals surface area (Å²) in [6.07, 6.45) is 8.79. The lowest BCUT2D eigenvalue weighted by atomic mass is 10.1. The molecule has 0 aliphatic rings. The summed E-state index contributed by atoms with van der Waals surface area (Å²) in [5.74, 6) is 0. The van der Waals surface area contributed by atoms with E-state index in [1.54, 1.807) is 0 Å². The molecule has 1 aromatic heterocycles. The summed E-state index contributed by atoms with van der Waals surface area (Å²) in [7, 11) is 0. The molecular formula is C17H22N2. The second-order valence-corrected chi connectivity index (χ2v) is 5.26. The maximum atomic E-state index is 4.41. The summed E-state index contributed by atoms with van der Waals surface area (Å²) in [5, 5.41) is 0. The quantitative estimate of drug-likeness (QED) is 0.705. The lowest BCUT2D eigenvalue weighted by molar-refractivity contribution is 0.830. The first-order valence-electron chi connectivity index (χ1n) is 6.85. The van der Waals surface area contributed by atoms with Gasteiger partial charge in [-0.1, -0.05) is 35.4 Å². The predicted molar refractivity (Wildman–Crippen MR) is 82.2 cm³/mol. The fourth-order valence-electron chi connectivity index (χ4n) is 2.10. The molecule has 0 atom stereocenters. The number of rotatable bonds is 5. The van der Waals surface area contributed by atoms with Crippen molar-refractivity contribution in [3.8, 4) is 0 Å². The molecule has 0 saturated heterocycles. The van der Waals surface area contributed by atoms with E-state index in [-0.39, 0.29) is 0 Å². The maximum Gasteiger partial charge on any atom is 0.0961 e. The zero-order chi connectivity index (χ0) is 13.7. The van der Waals surface area contributed by atoms with Crippen molar-refractivity contribution in [1.29, 1.82) is 0 Å². The zero-order valence-electron chi connectivity index (χ0n) is 12.1. The highest BCUT2D eigenvalue weighted by Gasteiger charge is 1.99. The van der Waals surface area contributed by atoms with Crippen LogP contribution in [0.1, 0.15) is 33.6 Å². The van der Waals surface area contributed by atoms with E-state index in [1.807, 2.05) is 12.4 Å². The van der Waals surface area contributed by atoms with Crippen LogP contribution in [0.15, 0.2) is 53.9 Å². The van der Waals surface area contributed by atoms with E-state index < -0.39 is 0 Å². The second-order valence-electron chi connectivity index (χ2n) is 5.26. The Labute approximate surface area is 115 Å². The van der Waals surface area contributed by atoms with Gasteiger partial charge in [0.25, 0.3) is 0 Å². The van der Waals surface area contributed by atoms with Gasteiger partial charge in [0.2, 0.25) is 0 Å². The van der Waals surface area contributed by atoms with Crippen molar-refractivity contribution in [3.05, 3.63) is 53.9 Å². The van der Waals surface area contributed by atoms with Crippen LogP contribution in [0.2, 0.25) is 0 Å². The normalized spacial score (nSPS) is 11.8. The van der Waals surface area contributed by atoms with Crippen molar-refractivity contribution in [2.24, 2.45) is 0 Å².